The van der Waals surface area contributed by atoms with Gasteiger partial charge in [0.2, 0.25) is 0 Å². The Balaban J connectivity index is 2.75. The van der Waals surface area contributed by atoms with Crippen LogP contribution in [0, 0.1) is 0 Å². The van der Waals surface area contributed by atoms with Gasteiger partial charge in [-0.05, 0) is 13.0 Å². The van der Waals surface area contributed by atoms with E-state index in [4.69, 9.17) is 5.11 Å². The molecule has 0 bridgehead atoms. The van der Waals surface area contributed by atoms with Crippen molar-refractivity contribution in [2.75, 3.05) is 0 Å². The number of hydrogen-bond donors (Lipinski definition) is 1. The lowest BCUT2D eigenvalue weighted by atomic mass is 9.93. The third kappa shape index (κ3) is 2.84. The molecular weight excluding hydrogens is 164 g/mol. The highest BCUT2D eigenvalue weighted by atomic mass is 16.3. The summed E-state index contributed by atoms with van der Waals surface area (Å²) in [5, 5.41) is 13.5. The number of aliphatic hydroxyl groups excluding tert-OH is 1. The molecule has 0 aliphatic rings. The van der Waals surface area contributed by atoms with E-state index in [1.165, 1.54) is 0 Å². The Morgan fingerprint density at radius 2 is 2.15 bits per heavy atom. The Bertz CT molecular complexity index is 271. The highest BCUT2D eigenvalue weighted by Crippen LogP contribution is 2.19. The predicted molar refractivity (Wildman–Crippen MR) is 52.6 cm³/mol. The van der Waals surface area contributed by atoms with Gasteiger partial charge in [-0.1, -0.05) is 20.8 Å². The molecular formula is C10H18N2O. The summed E-state index contributed by atoms with van der Waals surface area (Å²) in [4.78, 5) is 0. The minimum atomic E-state index is -0.340. The Hall–Kier alpha value is -0.830. The van der Waals surface area contributed by atoms with Crippen molar-refractivity contribution < 1.29 is 5.11 Å². The number of hydrogen-bond acceptors (Lipinski definition) is 2. The van der Waals surface area contributed by atoms with Gasteiger partial charge in [0, 0.05) is 11.6 Å². The van der Waals surface area contributed by atoms with Crippen molar-refractivity contribution >= 4 is 0 Å². The van der Waals surface area contributed by atoms with Gasteiger partial charge in [0.15, 0.2) is 0 Å². The van der Waals surface area contributed by atoms with E-state index in [2.05, 4.69) is 25.9 Å². The Morgan fingerprint density at radius 1 is 1.54 bits per heavy atom. The Morgan fingerprint density at radius 3 is 2.54 bits per heavy atom. The van der Waals surface area contributed by atoms with Gasteiger partial charge in [-0.25, -0.2) is 0 Å². The highest BCUT2D eigenvalue weighted by Gasteiger charge is 2.16. The van der Waals surface area contributed by atoms with Gasteiger partial charge in [-0.2, -0.15) is 5.10 Å². The van der Waals surface area contributed by atoms with Crippen LogP contribution in [0.5, 0.6) is 0 Å². The fraction of sp³-hybridized carbons (Fsp3) is 0.700. The standard InChI is InChI=1S/C10H18N2O/c1-8(13)7-12-6-5-9(11-12)10(2,3)4/h5-6,8,13H,7H2,1-4H3/t8-/m1/s1. The molecule has 0 fully saturated rings. The van der Waals surface area contributed by atoms with E-state index >= 15 is 0 Å². The van der Waals surface area contributed by atoms with Crippen LogP contribution in [0.4, 0.5) is 0 Å². The van der Waals surface area contributed by atoms with Crippen LogP contribution >= 0.6 is 0 Å². The van der Waals surface area contributed by atoms with E-state index in [0.29, 0.717) is 6.54 Å². The number of aliphatic hydroxyl groups is 1. The normalized spacial score (nSPS) is 14.5. The molecule has 0 aromatic carbocycles. The van der Waals surface area contributed by atoms with Gasteiger partial charge < -0.3 is 5.11 Å². The predicted octanol–water partition coefficient (Wildman–Crippen LogP) is 1.56. The van der Waals surface area contributed by atoms with Crippen molar-refractivity contribution in [3.8, 4) is 0 Å². The Kier molecular flexibility index (Phi) is 2.76. The monoisotopic (exact) mass is 182 g/mol. The van der Waals surface area contributed by atoms with Crippen LogP contribution in [-0.2, 0) is 12.0 Å². The molecule has 0 spiro atoms. The summed E-state index contributed by atoms with van der Waals surface area (Å²) < 4.78 is 1.78. The summed E-state index contributed by atoms with van der Waals surface area (Å²) in [5.74, 6) is 0. The molecule has 1 atom stereocenters. The fourth-order valence-electron chi connectivity index (χ4n) is 1.13. The zero-order valence-corrected chi connectivity index (χ0v) is 8.78. The van der Waals surface area contributed by atoms with Gasteiger partial charge in [-0.3, -0.25) is 4.68 Å². The van der Waals surface area contributed by atoms with Crippen LogP contribution in [0.1, 0.15) is 33.4 Å². The molecule has 1 rings (SSSR count). The largest absolute Gasteiger partial charge is 0.391 e. The molecule has 0 aliphatic heterocycles. The molecule has 1 heterocycles. The molecule has 0 saturated heterocycles. The van der Waals surface area contributed by atoms with Gasteiger partial charge in [0.25, 0.3) is 0 Å². The second kappa shape index (κ2) is 3.50. The Labute approximate surface area is 79.4 Å². The van der Waals surface area contributed by atoms with Crippen molar-refractivity contribution in [2.45, 2.75) is 45.8 Å². The van der Waals surface area contributed by atoms with E-state index in [1.54, 1.807) is 11.6 Å². The van der Waals surface area contributed by atoms with Crippen molar-refractivity contribution in [3.05, 3.63) is 18.0 Å². The topological polar surface area (TPSA) is 38.0 Å². The lowest BCUT2D eigenvalue weighted by Crippen LogP contribution is -2.16. The molecule has 3 heteroatoms. The molecule has 0 unspecified atom stereocenters. The highest BCUT2D eigenvalue weighted by molar-refractivity contribution is 5.10. The second-order valence-corrected chi connectivity index (χ2v) is 4.52. The smallest absolute Gasteiger partial charge is 0.0708 e. The van der Waals surface area contributed by atoms with Crippen LogP contribution in [0.15, 0.2) is 12.3 Å². The quantitative estimate of drug-likeness (QED) is 0.753. The maximum atomic E-state index is 9.16. The summed E-state index contributed by atoms with van der Waals surface area (Å²) in [6.07, 6.45) is 1.57. The van der Waals surface area contributed by atoms with Gasteiger partial charge in [0.05, 0.1) is 18.3 Å². The maximum Gasteiger partial charge on any atom is 0.0708 e. The molecule has 13 heavy (non-hydrogen) atoms. The van der Waals surface area contributed by atoms with Crippen LogP contribution in [0.25, 0.3) is 0 Å². The lowest BCUT2D eigenvalue weighted by molar-refractivity contribution is 0.168. The van der Waals surface area contributed by atoms with Gasteiger partial charge >= 0.3 is 0 Å². The first-order chi connectivity index (χ1) is 5.89. The zero-order chi connectivity index (χ0) is 10.1. The molecule has 0 saturated carbocycles. The molecule has 1 aromatic heterocycles. The van der Waals surface area contributed by atoms with Crippen LogP contribution < -0.4 is 0 Å². The first kappa shape index (κ1) is 10.3. The van der Waals surface area contributed by atoms with E-state index < -0.39 is 0 Å². The van der Waals surface area contributed by atoms with E-state index in [0.717, 1.165) is 5.69 Å². The fourth-order valence-corrected chi connectivity index (χ4v) is 1.13. The molecule has 0 aliphatic carbocycles. The third-order valence-electron chi connectivity index (χ3n) is 1.86. The summed E-state index contributed by atoms with van der Waals surface area (Å²) in [6, 6.07) is 2.00. The number of nitrogens with zero attached hydrogens (tertiary/aromatic N) is 2. The minimum absolute atomic E-state index is 0.0872. The summed E-state index contributed by atoms with van der Waals surface area (Å²) in [5.41, 5.74) is 1.15. The molecule has 3 nitrogen and oxygen atoms in total. The van der Waals surface area contributed by atoms with E-state index in [1.807, 2.05) is 12.3 Å². The lowest BCUT2D eigenvalue weighted by Gasteiger charge is -2.14. The summed E-state index contributed by atoms with van der Waals surface area (Å²) in [6.45, 7) is 8.71. The molecule has 1 N–H and O–H groups in total. The van der Waals surface area contributed by atoms with Crippen LogP contribution in [0.3, 0.4) is 0 Å². The SMILES string of the molecule is C[C@@H](O)Cn1ccc(C(C)(C)C)n1. The van der Waals surface area contributed by atoms with Crippen molar-refractivity contribution in [2.24, 2.45) is 0 Å². The minimum Gasteiger partial charge on any atom is -0.391 e. The van der Waals surface area contributed by atoms with Crippen LogP contribution in [0.2, 0.25) is 0 Å². The van der Waals surface area contributed by atoms with Gasteiger partial charge in [0.1, 0.15) is 0 Å². The number of aromatic nitrogens is 2. The summed E-state index contributed by atoms with van der Waals surface area (Å²) >= 11 is 0. The van der Waals surface area contributed by atoms with Gasteiger partial charge in [-0.15, -0.1) is 0 Å². The molecule has 0 amide bonds. The molecule has 0 radical (unpaired) electrons. The second-order valence-electron chi connectivity index (χ2n) is 4.52. The first-order valence-electron chi connectivity index (χ1n) is 4.61. The van der Waals surface area contributed by atoms with Crippen molar-refractivity contribution in [3.63, 3.8) is 0 Å². The van der Waals surface area contributed by atoms with Crippen LogP contribution in [-0.4, -0.2) is 21.0 Å². The maximum absolute atomic E-state index is 9.16. The first-order valence-corrected chi connectivity index (χ1v) is 4.61. The number of rotatable bonds is 2. The van der Waals surface area contributed by atoms with Crippen molar-refractivity contribution in [1.29, 1.82) is 0 Å². The average Bonchev–Trinajstić information content (AvgIpc) is 2.32. The molecule has 1 aromatic rings. The molecule has 74 valence electrons. The third-order valence-corrected chi connectivity index (χ3v) is 1.86. The average molecular weight is 182 g/mol. The zero-order valence-electron chi connectivity index (χ0n) is 8.78. The van der Waals surface area contributed by atoms with E-state index in [-0.39, 0.29) is 11.5 Å². The van der Waals surface area contributed by atoms with E-state index in [9.17, 15) is 0 Å². The van der Waals surface area contributed by atoms with Crippen molar-refractivity contribution in [1.82, 2.24) is 9.78 Å². The summed E-state index contributed by atoms with van der Waals surface area (Å²) in [7, 11) is 0.